The van der Waals surface area contributed by atoms with Crippen molar-refractivity contribution >= 4 is 17.0 Å². The van der Waals surface area contributed by atoms with Crippen LogP contribution in [0.1, 0.15) is 12.8 Å². The van der Waals surface area contributed by atoms with Crippen LogP contribution in [0.4, 0.5) is 5.95 Å². The molecule has 1 saturated heterocycles. The van der Waals surface area contributed by atoms with Crippen LogP contribution in [-0.2, 0) is 6.54 Å². The molecule has 0 radical (unpaired) electrons. The molecule has 0 spiro atoms. The average molecular weight is 282 g/mol. The lowest BCUT2D eigenvalue weighted by atomic mass is 10.2. The molecule has 6 heteroatoms. The molecule has 6 nitrogen and oxygen atoms in total. The molecule has 0 amide bonds. The summed E-state index contributed by atoms with van der Waals surface area (Å²) in [6.07, 6.45) is 8.32. The number of nitrogens with two attached hydrogens (primary N) is 1. The summed E-state index contributed by atoms with van der Waals surface area (Å²) in [5.74, 6) is 0.307. The molecule has 4 N–H and O–H groups in total. The van der Waals surface area contributed by atoms with Gasteiger partial charge in [0.1, 0.15) is 5.65 Å². The number of fused-ring (bicyclic) bond motifs is 1. The van der Waals surface area contributed by atoms with E-state index in [2.05, 4.69) is 37.1 Å². The predicted molar refractivity (Wildman–Crippen MR) is 82.8 cm³/mol. The average Bonchev–Trinajstić information content (AvgIpc) is 3.18. The maximum Gasteiger partial charge on any atom is 0.220 e. The SMILES string of the molecule is Nc1nccc(-c2cn(CC3CCCN3)c3[nH]ccc23)n1. The fraction of sp³-hybridized carbons (Fsp3) is 0.333. The Bertz CT molecular complexity index is 765. The lowest BCUT2D eigenvalue weighted by Crippen LogP contribution is -2.26. The number of anilines is 1. The van der Waals surface area contributed by atoms with Crippen LogP contribution in [0.2, 0.25) is 0 Å². The van der Waals surface area contributed by atoms with Gasteiger partial charge in [-0.15, -0.1) is 0 Å². The van der Waals surface area contributed by atoms with E-state index < -0.39 is 0 Å². The fourth-order valence-corrected chi connectivity index (χ4v) is 3.13. The van der Waals surface area contributed by atoms with E-state index in [1.807, 2.05) is 12.3 Å². The van der Waals surface area contributed by atoms with Gasteiger partial charge in [0, 0.05) is 42.1 Å². The number of aromatic amines is 1. The Labute approximate surface area is 122 Å². The maximum absolute atomic E-state index is 5.71. The van der Waals surface area contributed by atoms with Gasteiger partial charge in [0.2, 0.25) is 5.95 Å². The summed E-state index contributed by atoms with van der Waals surface area (Å²) in [6.45, 7) is 2.09. The zero-order valence-corrected chi connectivity index (χ0v) is 11.7. The Morgan fingerprint density at radius 2 is 2.33 bits per heavy atom. The minimum absolute atomic E-state index is 0.307. The molecular weight excluding hydrogens is 264 g/mol. The monoisotopic (exact) mass is 282 g/mol. The lowest BCUT2D eigenvalue weighted by molar-refractivity contribution is 0.517. The van der Waals surface area contributed by atoms with E-state index in [1.165, 1.54) is 18.2 Å². The molecular formula is C15H18N6. The molecule has 1 unspecified atom stereocenters. The molecule has 3 aromatic heterocycles. The van der Waals surface area contributed by atoms with Gasteiger partial charge in [-0.25, -0.2) is 9.97 Å². The van der Waals surface area contributed by atoms with Crippen molar-refractivity contribution in [1.82, 2.24) is 24.8 Å². The zero-order valence-electron chi connectivity index (χ0n) is 11.7. The molecule has 3 aromatic rings. The molecule has 1 aliphatic heterocycles. The molecule has 1 atom stereocenters. The number of hydrogen-bond acceptors (Lipinski definition) is 4. The third-order valence-electron chi connectivity index (χ3n) is 4.12. The molecule has 1 fully saturated rings. The van der Waals surface area contributed by atoms with Crippen LogP contribution >= 0.6 is 0 Å². The summed E-state index contributed by atoms with van der Waals surface area (Å²) in [4.78, 5) is 11.6. The minimum Gasteiger partial charge on any atom is -0.368 e. The summed E-state index contributed by atoms with van der Waals surface area (Å²) in [5, 5.41) is 4.71. The van der Waals surface area contributed by atoms with Crippen molar-refractivity contribution in [1.29, 1.82) is 0 Å². The predicted octanol–water partition coefficient (Wildman–Crippen LogP) is 1.76. The third-order valence-corrected chi connectivity index (χ3v) is 4.12. The van der Waals surface area contributed by atoms with E-state index >= 15 is 0 Å². The molecule has 21 heavy (non-hydrogen) atoms. The highest BCUT2D eigenvalue weighted by atomic mass is 15.1. The van der Waals surface area contributed by atoms with Crippen LogP contribution in [0.5, 0.6) is 0 Å². The maximum atomic E-state index is 5.71. The third kappa shape index (κ3) is 2.17. The second-order valence-electron chi connectivity index (χ2n) is 5.53. The van der Waals surface area contributed by atoms with Crippen LogP contribution < -0.4 is 11.1 Å². The van der Waals surface area contributed by atoms with Crippen molar-refractivity contribution in [3.05, 3.63) is 30.7 Å². The van der Waals surface area contributed by atoms with Crippen LogP contribution in [0.3, 0.4) is 0 Å². The Kier molecular flexibility index (Phi) is 2.89. The number of aromatic nitrogens is 4. The second kappa shape index (κ2) is 4.89. The summed E-state index contributed by atoms with van der Waals surface area (Å²) >= 11 is 0. The van der Waals surface area contributed by atoms with E-state index in [0.717, 1.165) is 30.0 Å². The number of rotatable bonds is 3. The molecule has 0 aliphatic carbocycles. The molecule has 108 valence electrons. The highest BCUT2D eigenvalue weighted by Gasteiger charge is 2.18. The number of hydrogen-bond donors (Lipinski definition) is 3. The standard InChI is InChI=1S/C15H18N6/c16-15-19-7-4-13(20-15)12-9-21(8-10-2-1-5-17-10)14-11(12)3-6-18-14/h3-4,6-7,9-10,17-18H,1-2,5,8H2,(H2,16,19,20). The van der Waals surface area contributed by atoms with E-state index in [-0.39, 0.29) is 0 Å². The van der Waals surface area contributed by atoms with Gasteiger partial charge in [0.05, 0.1) is 5.69 Å². The van der Waals surface area contributed by atoms with Crippen molar-refractivity contribution < 1.29 is 0 Å². The van der Waals surface area contributed by atoms with Crippen molar-refractivity contribution in [2.24, 2.45) is 0 Å². The lowest BCUT2D eigenvalue weighted by Gasteiger charge is -2.11. The van der Waals surface area contributed by atoms with Gasteiger partial charge in [-0.05, 0) is 31.5 Å². The van der Waals surface area contributed by atoms with Crippen molar-refractivity contribution in [2.75, 3.05) is 12.3 Å². The first-order valence-corrected chi connectivity index (χ1v) is 7.30. The van der Waals surface area contributed by atoms with Gasteiger partial charge < -0.3 is 20.6 Å². The normalized spacial score (nSPS) is 18.6. The first-order chi connectivity index (χ1) is 10.3. The van der Waals surface area contributed by atoms with Crippen LogP contribution in [0.25, 0.3) is 22.3 Å². The smallest absolute Gasteiger partial charge is 0.220 e. The molecule has 0 aromatic carbocycles. The second-order valence-corrected chi connectivity index (χ2v) is 5.53. The number of nitrogens with one attached hydrogen (secondary N) is 2. The van der Waals surface area contributed by atoms with Gasteiger partial charge in [-0.3, -0.25) is 0 Å². The van der Waals surface area contributed by atoms with Crippen LogP contribution in [0, 0.1) is 0 Å². The molecule has 0 bridgehead atoms. The first kappa shape index (κ1) is 12.4. The summed E-state index contributed by atoms with van der Waals surface area (Å²) in [7, 11) is 0. The number of nitrogen functional groups attached to an aromatic ring is 1. The molecule has 4 heterocycles. The van der Waals surface area contributed by atoms with Crippen molar-refractivity contribution in [2.45, 2.75) is 25.4 Å². The largest absolute Gasteiger partial charge is 0.368 e. The van der Waals surface area contributed by atoms with Gasteiger partial charge in [-0.2, -0.15) is 0 Å². The van der Waals surface area contributed by atoms with Crippen LogP contribution in [0.15, 0.2) is 30.7 Å². The van der Waals surface area contributed by atoms with Crippen LogP contribution in [-0.4, -0.2) is 32.1 Å². The van der Waals surface area contributed by atoms with Gasteiger partial charge in [-0.1, -0.05) is 0 Å². The van der Waals surface area contributed by atoms with E-state index in [0.29, 0.717) is 12.0 Å². The number of nitrogens with zero attached hydrogens (tertiary/aromatic N) is 3. The van der Waals surface area contributed by atoms with Gasteiger partial charge in [0.15, 0.2) is 0 Å². The molecule has 0 saturated carbocycles. The van der Waals surface area contributed by atoms with E-state index in [9.17, 15) is 0 Å². The number of H-pyrrole nitrogens is 1. The minimum atomic E-state index is 0.307. The van der Waals surface area contributed by atoms with E-state index in [4.69, 9.17) is 5.73 Å². The Balaban J connectivity index is 1.77. The van der Waals surface area contributed by atoms with Crippen molar-refractivity contribution in [3.63, 3.8) is 0 Å². The van der Waals surface area contributed by atoms with Gasteiger partial charge >= 0.3 is 0 Å². The fourth-order valence-electron chi connectivity index (χ4n) is 3.13. The van der Waals surface area contributed by atoms with E-state index in [1.54, 1.807) is 6.20 Å². The van der Waals surface area contributed by atoms with Gasteiger partial charge in [0.25, 0.3) is 0 Å². The Hall–Kier alpha value is -2.34. The highest BCUT2D eigenvalue weighted by molar-refractivity contribution is 5.93. The molecule has 1 aliphatic rings. The Morgan fingerprint density at radius 3 is 3.14 bits per heavy atom. The molecule has 4 rings (SSSR count). The summed E-state index contributed by atoms with van der Waals surface area (Å²) in [5.41, 5.74) is 8.80. The van der Waals surface area contributed by atoms with Crippen molar-refractivity contribution in [3.8, 4) is 11.3 Å². The quantitative estimate of drug-likeness (QED) is 0.683. The highest BCUT2D eigenvalue weighted by Crippen LogP contribution is 2.29. The summed E-state index contributed by atoms with van der Waals surface area (Å²) in [6, 6.07) is 4.53. The zero-order chi connectivity index (χ0) is 14.2. The Morgan fingerprint density at radius 1 is 1.38 bits per heavy atom. The summed E-state index contributed by atoms with van der Waals surface area (Å²) < 4.78 is 2.27. The topological polar surface area (TPSA) is 84.5 Å². The first-order valence-electron chi connectivity index (χ1n) is 7.30.